The van der Waals surface area contributed by atoms with Crippen LogP contribution in [0.25, 0.3) is 133 Å². The van der Waals surface area contributed by atoms with Gasteiger partial charge in [0.2, 0.25) is 0 Å². The summed E-state index contributed by atoms with van der Waals surface area (Å²) in [7, 11) is 0. The fourth-order valence-electron chi connectivity index (χ4n) is 18.6. The first-order chi connectivity index (χ1) is 55.3. The van der Waals surface area contributed by atoms with E-state index in [1.807, 2.05) is 0 Å². The largest absolute Gasteiger partial charge is 2.00 e. The molecule has 0 N–H and O–H groups in total. The van der Waals surface area contributed by atoms with Gasteiger partial charge in [0.05, 0.1) is 23.3 Å². The number of unbranched alkanes of at least 4 members (excludes halogenated alkanes) is 32. The van der Waals surface area contributed by atoms with Gasteiger partial charge in [0.15, 0.2) is 0 Å². The zero-order valence-corrected chi connectivity index (χ0v) is 72.2. The molecule has 9 heteroatoms. The van der Waals surface area contributed by atoms with Crippen LogP contribution in [0.2, 0.25) is 0 Å². The van der Waals surface area contributed by atoms with Gasteiger partial charge in [-0.1, -0.05) is 309 Å². The summed E-state index contributed by atoms with van der Waals surface area (Å²) < 4.78 is 0. The molecule has 0 atom stereocenters. The molecule has 0 aliphatic carbocycles. The van der Waals surface area contributed by atoms with Gasteiger partial charge in [-0.05, 0) is 260 Å². The average Bonchev–Trinajstić information content (AvgIpc) is 1.59. The standard InChI is InChI=1S/C104H136N8.Fe/c1-9-17-25-33-41-49-73-57-58-74(50-42-34-26-18-10-2)82-66-90-89(65-81(73)82)97-105-98(90)110-100-93-69-85-77(53-45-37-29-21-13-5)61-62-78(54-46-38-30-22-14-6)86(85)70-94(93)102(107-100)112-104-96-72-88-80(56-48-40-32-24-16-8)64-63-79(55-47-39-31-23-15-7)87(88)71-95(96)103(108-104)111-101-92-68-84-76(52-44-36-28-20-12-4)60-59-75(51-43-35-27-19-11-3)83(84)67-91(92)99(106-101)109-97;/h57-72H,9-56H2,1-8H3;/q-2;+2. The molecular formula is C104H136FeN8. The Bertz CT molecular complexity index is 4490. The van der Waals surface area contributed by atoms with Crippen molar-refractivity contribution >= 4 is 87.2 Å². The van der Waals surface area contributed by atoms with Gasteiger partial charge in [0.1, 0.15) is 0 Å². The molecule has 0 unspecified atom stereocenters. The first-order valence-electron chi connectivity index (χ1n) is 46.3. The van der Waals surface area contributed by atoms with Gasteiger partial charge in [-0.25, -0.2) is 9.97 Å². The minimum absolute atomic E-state index is 0. The Morgan fingerprint density at radius 2 is 0.327 bits per heavy atom. The van der Waals surface area contributed by atoms with Crippen LogP contribution in [0, 0.1) is 0 Å². The molecule has 0 saturated carbocycles. The van der Waals surface area contributed by atoms with Crippen LogP contribution in [0.15, 0.2) is 97.1 Å². The third-order valence-electron chi connectivity index (χ3n) is 25.4. The van der Waals surface area contributed by atoms with Gasteiger partial charge in [0, 0.05) is 44.8 Å². The number of nitrogens with zero attached hydrogens (tertiary/aromatic N) is 8. The summed E-state index contributed by atoms with van der Waals surface area (Å²) in [5.74, 6) is 2.55. The molecule has 11 aromatic rings. The molecule has 8 nitrogen and oxygen atoms in total. The summed E-state index contributed by atoms with van der Waals surface area (Å²) in [4.78, 5) is 46.8. The Hall–Kier alpha value is -7.32. The molecule has 113 heavy (non-hydrogen) atoms. The van der Waals surface area contributed by atoms with E-state index in [4.69, 9.17) is 39.9 Å². The van der Waals surface area contributed by atoms with Gasteiger partial charge in [-0.15, -0.1) is 0 Å². The number of aromatic nitrogens is 8. The van der Waals surface area contributed by atoms with Crippen molar-refractivity contribution in [3.8, 4) is 45.6 Å². The number of aryl methyl sites for hydroxylation is 8. The van der Waals surface area contributed by atoms with E-state index in [0.717, 1.165) is 147 Å². The topological polar surface area (TPSA) is 106 Å². The van der Waals surface area contributed by atoms with E-state index in [1.54, 1.807) is 0 Å². The molecule has 0 radical (unpaired) electrons. The Morgan fingerprint density at radius 3 is 0.487 bits per heavy atom. The Kier molecular flexibility index (Phi) is 32.8. The van der Waals surface area contributed by atoms with E-state index in [0.29, 0.717) is 45.9 Å². The SMILES string of the molecule is CCCCCCCc1ccc(CCCCCCC)c2cc3c(cc12)-c1nc-3nc2[n-]c(nc3nc(nc4[n-]c(n1)c1cc5c(CCCCCCC)ccc(CCCCCCC)c5cc41)-c1cc4c(CCCCCCC)ccc(CCCCCCC)c4cc1-3)c1cc3c(CCCCCCC)ccc(CCCCCCC)c3cc21.[Fe+2]. The van der Waals surface area contributed by atoms with E-state index in [9.17, 15) is 0 Å². The third-order valence-corrected chi connectivity index (χ3v) is 25.4. The van der Waals surface area contributed by atoms with Gasteiger partial charge < -0.3 is 29.9 Å². The molecule has 8 bridgehead atoms. The molecular weight excluding hydrogens is 1420 g/mol. The Morgan fingerprint density at radius 1 is 0.177 bits per heavy atom. The molecule has 600 valence electrons. The normalized spacial score (nSPS) is 12.1. The predicted octanol–water partition coefficient (Wildman–Crippen LogP) is 30.8. The van der Waals surface area contributed by atoms with Crippen molar-refractivity contribution in [2.45, 2.75) is 364 Å². The molecule has 0 amide bonds. The van der Waals surface area contributed by atoms with Crippen molar-refractivity contribution in [3.63, 3.8) is 0 Å². The summed E-state index contributed by atoms with van der Waals surface area (Å²) in [6.07, 6.45) is 57.7. The summed E-state index contributed by atoms with van der Waals surface area (Å²) in [6.45, 7) is 18.6. The van der Waals surface area contributed by atoms with E-state index in [1.165, 1.54) is 293 Å². The first kappa shape index (κ1) is 85.1. The van der Waals surface area contributed by atoms with Crippen LogP contribution in [0.3, 0.4) is 0 Å². The van der Waals surface area contributed by atoms with Crippen LogP contribution in [0.4, 0.5) is 0 Å². The summed E-state index contributed by atoms with van der Waals surface area (Å²) in [5.41, 5.74) is 17.8. The van der Waals surface area contributed by atoms with Crippen LogP contribution in [-0.4, -0.2) is 29.9 Å². The quantitative estimate of drug-likeness (QED) is 0.0274. The maximum absolute atomic E-state index is 5.92. The third kappa shape index (κ3) is 21.1. The molecule has 3 aromatic heterocycles. The van der Waals surface area contributed by atoms with Crippen molar-refractivity contribution in [2.75, 3.05) is 0 Å². The summed E-state index contributed by atoms with van der Waals surface area (Å²) in [6, 6.07) is 39.4. The number of benzene rings is 8. The van der Waals surface area contributed by atoms with Crippen LogP contribution in [0.1, 0.15) is 357 Å². The van der Waals surface area contributed by atoms with Crippen molar-refractivity contribution in [2.24, 2.45) is 0 Å². The van der Waals surface area contributed by atoms with Crippen LogP contribution >= 0.6 is 0 Å². The zero-order chi connectivity index (χ0) is 77.4. The molecule has 0 spiro atoms. The predicted molar refractivity (Wildman–Crippen MR) is 484 cm³/mol. The molecule has 2 aliphatic rings. The van der Waals surface area contributed by atoms with E-state index in [-0.39, 0.29) is 17.1 Å². The maximum atomic E-state index is 5.92. The van der Waals surface area contributed by atoms with E-state index in [2.05, 4.69) is 152 Å². The first-order valence-corrected chi connectivity index (χ1v) is 46.3. The average molecular weight is 1550 g/mol. The van der Waals surface area contributed by atoms with Gasteiger partial charge >= 0.3 is 17.1 Å². The molecule has 0 saturated heterocycles. The van der Waals surface area contributed by atoms with E-state index < -0.39 is 0 Å². The molecule has 0 fully saturated rings. The van der Waals surface area contributed by atoms with Crippen molar-refractivity contribution in [1.82, 2.24) is 39.9 Å². The van der Waals surface area contributed by atoms with Crippen LogP contribution in [0.5, 0.6) is 0 Å². The maximum Gasteiger partial charge on any atom is 2.00 e. The molecule has 13 rings (SSSR count). The molecule has 8 aromatic carbocycles. The van der Waals surface area contributed by atoms with Crippen molar-refractivity contribution < 1.29 is 17.1 Å². The fourth-order valence-corrected chi connectivity index (χ4v) is 18.6. The minimum Gasteiger partial charge on any atom is -0.357 e. The van der Waals surface area contributed by atoms with Crippen LogP contribution in [-0.2, 0) is 68.4 Å². The molecule has 2 aliphatic heterocycles. The number of hydrogen-bond donors (Lipinski definition) is 0. The minimum atomic E-state index is 0. The fraction of sp³-hybridized carbons (Fsp3) is 0.538. The summed E-state index contributed by atoms with van der Waals surface area (Å²) in [5, 5.41) is 14.5. The van der Waals surface area contributed by atoms with Gasteiger partial charge in [-0.2, -0.15) is 0 Å². The second-order valence-corrected chi connectivity index (χ2v) is 34.1. The van der Waals surface area contributed by atoms with Gasteiger partial charge in [-0.3, -0.25) is 0 Å². The number of rotatable bonds is 48. The van der Waals surface area contributed by atoms with Crippen LogP contribution < -0.4 is 9.97 Å². The van der Waals surface area contributed by atoms with E-state index >= 15 is 0 Å². The second-order valence-electron chi connectivity index (χ2n) is 34.1. The molecule has 5 heterocycles. The number of fused-ring (bicyclic) bond motifs is 24. The second kappa shape index (κ2) is 43.6. The van der Waals surface area contributed by atoms with Crippen molar-refractivity contribution in [1.29, 1.82) is 0 Å². The summed E-state index contributed by atoms with van der Waals surface area (Å²) >= 11 is 0. The monoisotopic (exact) mass is 1550 g/mol. The Labute approximate surface area is 690 Å². The number of hydrogen-bond acceptors (Lipinski definition) is 6. The zero-order valence-electron chi connectivity index (χ0n) is 71.1. The smallest absolute Gasteiger partial charge is 0.357 e. The Balaban J connectivity index is 0.0000118. The van der Waals surface area contributed by atoms with Gasteiger partial charge in [0.25, 0.3) is 0 Å². The van der Waals surface area contributed by atoms with Crippen molar-refractivity contribution in [3.05, 3.63) is 142 Å².